The predicted octanol–water partition coefficient (Wildman–Crippen LogP) is 7.19. The number of hydrogen-bond acceptors (Lipinski definition) is 13. The summed E-state index contributed by atoms with van der Waals surface area (Å²) < 4.78 is 9.00. The maximum absolute atomic E-state index is 13.6. The molecule has 3 aromatic heterocycles. The number of ether oxygens (including phenoxy) is 1. The standard InChI is InChI=1S/C54H56N10O6S/c1-60-45-31-38(12-15-41(45)50(59-60)42-16-18-48(65)57-52(42)67)63-29-27-62(28-30-63)26-25-61-22-19-35(20-23-61)34-9-13-39(14-10-34)70-33-37-11-17-47(56-49(37)53(68)69)64-24-21-36-5-4-6-40(43(36)32-64)51(66)58-54-55-44-7-2-3-8-46(44)71-54/h2-15,17,31,35,42H,16,18-30,32-33H2,1H3,(H,68,69)(H,55,58,66)(H,57,65,67). The first kappa shape index (κ1) is 46.2. The number of aromatic carboxylic acids is 1. The topological polar surface area (TPSA) is 178 Å². The highest BCUT2D eigenvalue weighted by atomic mass is 32.1. The minimum Gasteiger partial charge on any atom is -0.489 e. The second-order valence-corrected chi connectivity index (χ2v) is 20.1. The van der Waals surface area contributed by atoms with Crippen LogP contribution >= 0.6 is 11.3 Å². The number of nitrogens with zero attached hydrogens (tertiary/aromatic N) is 8. The molecule has 17 heteroatoms. The molecule has 0 radical (unpaired) electrons. The van der Waals surface area contributed by atoms with Crippen molar-refractivity contribution in [2.45, 2.75) is 57.1 Å². The summed E-state index contributed by atoms with van der Waals surface area (Å²) in [6.07, 6.45) is 3.70. The van der Waals surface area contributed by atoms with E-state index in [1.54, 1.807) is 6.07 Å². The van der Waals surface area contributed by atoms with E-state index >= 15 is 0 Å². The summed E-state index contributed by atoms with van der Waals surface area (Å²) in [5.41, 5.74) is 8.00. The van der Waals surface area contributed by atoms with Crippen molar-refractivity contribution in [1.29, 1.82) is 0 Å². The second kappa shape index (κ2) is 19.9. The summed E-state index contributed by atoms with van der Waals surface area (Å²) in [4.78, 5) is 69.2. The lowest BCUT2D eigenvalue weighted by Gasteiger charge is -2.38. The maximum atomic E-state index is 13.6. The quantitative estimate of drug-likeness (QED) is 0.0991. The van der Waals surface area contributed by atoms with Gasteiger partial charge in [-0.15, -0.1) is 0 Å². The number of aromatic nitrogens is 4. The van der Waals surface area contributed by atoms with E-state index in [0.717, 1.165) is 109 Å². The molecule has 4 aliphatic heterocycles. The highest BCUT2D eigenvalue weighted by molar-refractivity contribution is 7.22. The molecule has 4 aliphatic rings. The lowest BCUT2D eigenvalue weighted by atomic mass is 9.89. The van der Waals surface area contributed by atoms with Crippen molar-refractivity contribution in [2.75, 3.05) is 74.0 Å². The van der Waals surface area contributed by atoms with Crippen LogP contribution in [-0.2, 0) is 36.2 Å². The van der Waals surface area contributed by atoms with Crippen molar-refractivity contribution in [3.8, 4) is 5.75 Å². The van der Waals surface area contributed by atoms with Gasteiger partial charge in [0, 0.05) is 88.0 Å². The number of pyridine rings is 1. The third kappa shape index (κ3) is 9.81. The monoisotopic (exact) mass is 972 g/mol. The molecule has 16 nitrogen and oxygen atoms in total. The van der Waals surface area contributed by atoms with Gasteiger partial charge in [-0.05, 0) is 122 Å². The number of likely N-dealkylation sites (tertiary alicyclic amines) is 1. The van der Waals surface area contributed by atoms with Crippen molar-refractivity contribution in [3.63, 3.8) is 0 Å². The van der Waals surface area contributed by atoms with Crippen molar-refractivity contribution in [3.05, 3.63) is 136 Å². The summed E-state index contributed by atoms with van der Waals surface area (Å²) in [6, 6.07) is 31.8. The number of piperidine rings is 2. The minimum absolute atomic E-state index is 0.0515. The Labute approximate surface area is 415 Å². The lowest BCUT2D eigenvalue weighted by Crippen LogP contribution is -2.49. The third-order valence-electron chi connectivity index (χ3n) is 14.8. The number of aryl methyl sites for hydroxylation is 1. The van der Waals surface area contributed by atoms with E-state index in [0.29, 0.717) is 66.1 Å². The number of carboxylic acids is 1. The fraction of sp³-hybridized carbons (Fsp3) is 0.352. The van der Waals surface area contributed by atoms with Crippen LogP contribution in [-0.4, -0.2) is 117 Å². The average Bonchev–Trinajstić information content (AvgIpc) is 3.96. The van der Waals surface area contributed by atoms with Gasteiger partial charge in [0.2, 0.25) is 11.8 Å². The number of thiazole rings is 1. The largest absolute Gasteiger partial charge is 0.489 e. The number of imide groups is 1. The number of para-hydroxylation sites is 1. The number of hydrogen-bond donors (Lipinski definition) is 3. The van der Waals surface area contributed by atoms with E-state index in [9.17, 15) is 24.3 Å². The molecule has 3 N–H and O–H groups in total. The molecule has 0 bridgehead atoms. The first-order chi connectivity index (χ1) is 34.6. The molecule has 3 saturated heterocycles. The third-order valence-corrected chi connectivity index (χ3v) is 15.7. The zero-order valence-corrected chi connectivity index (χ0v) is 40.5. The van der Waals surface area contributed by atoms with E-state index in [1.165, 1.54) is 16.9 Å². The van der Waals surface area contributed by atoms with Gasteiger partial charge in [0.15, 0.2) is 10.8 Å². The molecule has 3 fully saturated rings. The van der Waals surface area contributed by atoms with E-state index in [4.69, 9.17) is 9.84 Å². The Kier molecular flexibility index (Phi) is 12.9. The highest BCUT2D eigenvalue weighted by Crippen LogP contribution is 2.34. The van der Waals surface area contributed by atoms with Crippen LogP contribution in [0.5, 0.6) is 5.75 Å². The summed E-state index contributed by atoms with van der Waals surface area (Å²) in [7, 11) is 1.92. The zero-order valence-electron chi connectivity index (χ0n) is 39.7. The van der Waals surface area contributed by atoms with Crippen LogP contribution in [0.25, 0.3) is 21.1 Å². The number of amides is 3. The van der Waals surface area contributed by atoms with Crippen LogP contribution in [0.15, 0.2) is 97.1 Å². The number of carboxylic acid groups (broad SMARTS) is 1. The Morgan fingerprint density at radius 2 is 1.61 bits per heavy atom. The van der Waals surface area contributed by atoms with Crippen molar-refractivity contribution < 1.29 is 29.0 Å². The molecule has 1 atom stereocenters. The molecule has 7 heterocycles. The second-order valence-electron chi connectivity index (χ2n) is 19.1. The summed E-state index contributed by atoms with van der Waals surface area (Å²) in [5, 5.41) is 21.9. The van der Waals surface area contributed by atoms with Crippen LogP contribution in [0.3, 0.4) is 0 Å². The molecule has 71 heavy (non-hydrogen) atoms. The van der Waals surface area contributed by atoms with E-state index in [-0.39, 0.29) is 30.0 Å². The van der Waals surface area contributed by atoms with Crippen LogP contribution in [0.4, 0.5) is 16.6 Å². The first-order valence-electron chi connectivity index (χ1n) is 24.6. The van der Waals surface area contributed by atoms with Crippen molar-refractivity contribution in [1.82, 2.24) is 34.9 Å². The Bertz CT molecular complexity index is 3120. The number of nitrogens with one attached hydrogen (secondary N) is 2. The molecule has 11 rings (SSSR count). The van der Waals surface area contributed by atoms with Gasteiger partial charge in [0.05, 0.1) is 27.3 Å². The molecule has 0 spiro atoms. The number of carbonyl (C=O) groups excluding carboxylic acids is 3. The average molecular weight is 973 g/mol. The van der Waals surface area contributed by atoms with E-state index in [1.807, 2.05) is 77.3 Å². The van der Waals surface area contributed by atoms with Gasteiger partial charge in [-0.1, -0.05) is 47.7 Å². The Balaban J connectivity index is 0.636. The maximum Gasteiger partial charge on any atom is 0.354 e. The molecule has 0 saturated carbocycles. The SMILES string of the molecule is Cn1nc(C2CCC(=O)NC2=O)c2ccc(N3CCN(CCN4CCC(c5ccc(OCc6ccc(N7CCc8cccc(C(=O)Nc9nc%10ccccc%10s9)c8C7)nc6C(=O)O)cc5)CC4)CC3)cc21. The van der Waals surface area contributed by atoms with Gasteiger partial charge in [-0.2, -0.15) is 5.10 Å². The molecule has 3 amide bonds. The highest BCUT2D eigenvalue weighted by Gasteiger charge is 2.32. The number of anilines is 3. The first-order valence-corrected chi connectivity index (χ1v) is 25.4. The van der Waals surface area contributed by atoms with Crippen LogP contribution in [0.2, 0.25) is 0 Å². The number of benzene rings is 4. The Hall–Kier alpha value is -7.21. The van der Waals surface area contributed by atoms with E-state index in [2.05, 4.69) is 65.6 Å². The summed E-state index contributed by atoms with van der Waals surface area (Å²) in [6.45, 7) is 9.22. The number of carbonyl (C=O) groups is 4. The van der Waals surface area contributed by atoms with Crippen LogP contribution < -0.4 is 25.2 Å². The molecule has 4 aromatic carbocycles. The lowest BCUT2D eigenvalue weighted by molar-refractivity contribution is -0.134. The predicted molar refractivity (Wildman–Crippen MR) is 274 cm³/mol. The normalized spacial score (nSPS) is 18.2. The Morgan fingerprint density at radius 1 is 0.817 bits per heavy atom. The fourth-order valence-corrected chi connectivity index (χ4v) is 11.6. The fourth-order valence-electron chi connectivity index (χ4n) is 10.7. The van der Waals surface area contributed by atoms with E-state index < -0.39 is 11.9 Å². The summed E-state index contributed by atoms with van der Waals surface area (Å²) >= 11 is 1.43. The van der Waals surface area contributed by atoms with Crippen molar-refractivity contribution in [2.24, 2.45) is 7.05 Å². The molecular formula is C54H56N10O6S. The zero-order chi connectivity index (χ0) is 48.6. The summed E-state index contributed by atoms with van der Waals surface area (Å²) in [5.74, 6) is -0.557. The van der Waals surface area contributed by atoms with Crippen molar-refractivity contribution >= 4 is 72.8 Å². The van der Waals surface area contributed by atoms with Gasteiger partial charge >= 0.3 is 5.97 Å². The smallest absolute Gasteiger partial charge is 0.354 e. The number of piperazine rings is 1. The molecular weight excluding hydrogens is 917 g/mol. The van der Waals surface area contributed by atoms with Gasteiger partial charge in [0.25, 0.3) is 5.91 Å². The molecule has 7 aromatic rings. The minimum atomic E-state index is -1.12. The van der Waals surface area contributed by atoms with Gasteiger partial charge < -0.3 is 24.5 Å². The van der Waals surface area contributed by atoms with Gasteiger partial charge in [-0.3, -0.25) is 34.6 Å². The molecule has 1 unspecified atom stereocenters. The molecule has 0 aliphatic carbocycles. The van der Waals surface area contributed by atoms with Gasteiger partial charge in [0.1, 0.15) is 18.2 Å². The van der Waals surface area contributed by atoms with Crippen LogP contribution in [0, 0.1) is 0 Å². The Morgan fingerprint density at radius 3 is 2.38 bits per heavy atom. The van der Waals surface area contributed by atoms with Crippen LogP contribution in [0.1, 0.15) is 86.3 Å². The number of fused-ring (bicyclic) bond motifs is 3. The number of rotatable bonds is 13. The van der Waals surface area contributed by atoms with Gasteiger partial charge in [-0.25, -0.2) is 14.8 Å². The molecule has 364 valence electrons.